The summed E-state index contributed by atoms with van der Waals surface area (Å²) in [4.78, 5) is 12.5. The maximum atomic E-state index is 12.9. The zero-order valence-electron chi connectivity index (χ0n) is 18.1. The number of carbonyl (C=O) groups is 1. The third-order valence-corrected chi connectivity index (χ3v) is 7.18. The third kappa shape index (κ3) is 5.22. The SMILES string of the molecule is C[C@H](Oc1ccc(S(=O)(=O)Nc2cccc3ccccc23)cc1)C(=O)NC1CCCCC1. The molecule has 0 unspecified atom stereocenters. The Morgan fingerprint density at radius 2 is 1.62 bits per heavy atom. The summed E-state index contributed by atoms with van der Waals surface area (Å²) in [6.45, 7) is 1.70. The molecule has 2 N–H and O–H groups in total. The molecule has 0 heterocycles. The predicted octanol–water partition coefficient (Wildman–Crippen LogP) is 4.86. The summed E-state index contributed by atoms with van der Waals surface area (Å²) in [5.41, 5.74) is 0.524. The number of carbonyl (C=O) groups excluding carboxylic acids is 1. The van der Waals surface area contributed by atoms with Gasteiger partial charge in [-0.1, -0.05) is 55.7 Å². The first-order chi connectivity index (χ1) is 15.4. The van der Waals surface area contributed by atoms with E-state index in [1.54, 1.807) is 25.1 Å². The second kappa shape index (κ2) is 9.61. The summed E-state index contributed by atoms with van der Waals surface area (Å²) in [7, 11) is -3.77. The van der Waals surface area contributed by atoms with E-state index >= 15 is 0 Å². The van der Waals surface area contributed by atoms with E-state index in [2.05, 4.69) is 10.0 Å². The van der Waals surface area contributed by atoms with Gasteiger partial charge in [0.1, 0.15) is 5.75 Å². The molecule has 4 rings (SSSR count). The predicted molar refractivity (Wildman–Crippen MR) is 126 cm³/mol. The van der Waals surface area contributed by atoms with Crippen LogP contribution in [0.4, 0.5) is 5.69 Å². The lowest BCUT2D eigenvalue weighted by atomic mass is 9.95. The van der Waals surface area contributed by atoms with E-state index in [-0.39, 0.29) is 16.8 Å². The highest BCUT2D eigenvalue weighted by Gasteiger charge is 2.21. The molecule has 1 aliphatic carbocycles. The molecule has 0 bridgehead atoms. The van der Waals surface area contributed by atoms with E-state index in [1.807, 2.05) is 36.4 Å². The Balaban J connectivity index is 1.41. The van der Waals surface area contributed by atoms with Gasteiger partial charge in [0.15, 0.2) is 6.10 Å². The van der Waals surface area contributed by atoms with E-state index in [9.17, 15) is 13.2 Å². The topological polar surface area (TPSA) is 84.5 Å². The molecule has 7 heteroatoms. The van der Waals surface area contributed by atoms with Crippen LogP contribution in [0.1, 0.15) is 39.0 Å². The van der Waals surface area contributed by atoms with Crippen LogP contribution in [-0.4, -0.2) is 26.5 Å². The molecule has 0 aromatic heterocycles. The Morgan fingerprint density at radius 3 is 2.38 bits per heavy atom. The van der Waals surface area contributed by atoms with Crippen molar-refractivity contribution in [2.75, 3.05) is 4.72 Å². The standard InChI is InChI=1S/C25H28N2O4S/c1-18(25(28)26-20-10-3-2-4-11-20)31-21-14-16-22(17-15-21)32(29,30)27-24-13-7-9-19-8-5-6-12-23(19)24/h5-9,12-18,20,27H,2-4,10-11H2,1H3,(H,26,28)/t18-/m0/s1. The van der Waals surface area contributed by atoms with Gasteiger partial charge in [0.05, 0.1) is 10.6 Å². The number of amides is 1. The van der Waals surface area contributed by atoms with Crippen LogP contribution in [0.5, 0.6) is 5.75 Å². The third-order valence-electron chi connectivity index (χ3n) is 5.80. The van der Waals surface area contributed by atoms with Crippen LogP contribution >= 0.6 is 0 Å². The number of fused-ring (bicyclic) bond motifs is 1. The fourth-order valence-electron chi connectivity index (χ4n) is 4.04. The highest BCUT2D eigenvalue weighted by molar-refractivity contribution is 7.92. The van der Waals surface area contributed by atoms with Gasteiger partial charge in [0, 0.05) is 11.4 Å². The number of sulfonamides is 1. The first-order valence-electron chi connectivity index (χ1n) is 11.0. The molecule has 3 aromatic carbocycles. The van der Waals surface area contributed by atoms with Gasteiger partial charge in [-0.15, -0.1) is 0 Å². The highest BCUT2D eigenvalue weighted by atomic mass is 32.2. The Bertz CT molecular complexity index is 1180. The molecule has 6 nitrogen and oxygen atoms in total. The number of nitrogens with one attached hydrogen (secondary N) is 2. The van der Waals surface area contributed by atoms with Crippen molar-refractivity contribution in [1.82, 2.24) is 5.32 Å². The fraction of sp³-hybridized carbons (Fsp3) is 0.320. The molecule has 0 radical (unpaired) electrons. The monoisotopic (exact) mass is 452 g/mol. The number of rotatable bonds is 7. The van der Waals surface area contributed by atoms with Gasteiger partial charge in [-0.05, 0) is 55.5 Å². The van der Waals surface area contributed by atoms with Gasteiger partial charge in [-0.25, -0.2) is 8.42 Å². The number of anilines is 1. The summed E-state index contributed by atoms with van der Waals surface area (Å²) in [6.07, 6.45) is 4.87. The Hall–Kier alpha value is -3.06. The van der Waals surface area contributed by atoms with Crippen LogP contribution < -0.4 is 14.8 Å². The highest BCUT2D eigenvalue weighted by Crippen LogP contribution is 2.26. The maximum absolute atomic E-state index is 12.9. The molecule has 1 amide bonds. The number of hydrogen-bond acceptors (Lipinski definition) is 4. The molecule has 32 heavy (non-hydrogen) atoms. The minimum absolute atomic E-state index is 0.122. The van der Waals surface area contributed by atoms with Crippen LogP contribution in [0.15, 0.2) is 71.6 Å². The van der Waals surface area contributed by atoms with Gasteiger partial charge in [-0.2, -0.15) is 0 Å². The summed E-state index contributed by atoms with van der Waals surface area (Å²) < 4.78 is 34.2. The van der Waals surface area contributed by atoms with Crippen molar-refractivity contribution in [3.05, 3.63) is 66.7 Å². The van der Waals surface area contributed by atoms with E-state index in [4.69, 9.17) is 4.74 Å². The van der Waals surface area contributed by atoms with E-state index in [0.717, 1.165) is 36.5 Å². The van der Waals surface area contributed by atoms with Crippen LogP contribution in [0.25, 0.3) is 10.8 Å². The average Bonchev–Trinajstić information content (AvgIpc) is 2.80. The first-order valence-corrected chi connectivity index (χ1v) is 12.5. The molecule has 1 fully saturated rings. The second-order valence-electron chi connectivity index (χ2n) is 8.21. The molecule has 1 aliphatic rings. The van der Waals surface area contributed by atoms with Gasteiger partial charge < -0.3 is 10.1 Å². The lowest BCUT2D eigenvalue weighted by Crippen LogP contribution is -2.43. The normalized spacial score (nSPS) is 15.8. The lowest BCUT2D eigenvalue weighted by molar-refractivity contribution is -0.128. The zero-order chi connectivity index (χ0) is 22.6. The van der Waals surface area contributed by atoms with Crippen molar-refractivity contribution in [2.45, 2.75) is 56.1 Å². The van der Waals surface area contributed by atoms with Gasteiger partial charge in [0.2, 0.25) is 0 Å². The van der Waals surface area contributed by atoms with Crippen molar-refractivity contribution in [2.24, 2.45) is 0 Å². The van der Waals surface area contributed by atoms with Crippen molar-refractivity contribution < 1.29 is 17.9 Å². The molecule has 168 valence electrons. The lowest BCUT2D eigenvalue weighted by Gasteiger charge is -2.24. The summed E-state index contributed by atoms with van der Waals surface area (Å²) in [5.74, 6) is 0.298. The summed E-state index contributed by atoms with van der Waals surface area (Å²) in [6, 6.07) is 19.4. The van der Waals surface area contributed by atoms with Crippen LogP contribution in [0.2, 0.25) is 0 Å². The molecule has 3 aromatic rings. The van der Waals surface area contributed by atoms with Gasteiger partial charge in [0.25, 0.3) is 15.9 Å². The largest absolute Gasteiger partial charge is 0.481 e. The molecule has 1 atom stereocenters. The number of hydrogen-bond donors (Lipinski definition) is 2. The van der Waals surface area contributed by atoms with Crippen LogP contribution in [-0.2, 0) is 14.8 Å². The van der Waals surface area contributed by atoms with Crippen LogP contribution in [0.3, 0.4) is 0 Å². The minimum Gasteiger partial charge on any atom is -0.481 e. The molecular formula is C25H28N2O4S. The van der Waals surface area contributed by atoms with Crippen molar-refractivity contribution in [3.63, 3.8) is 0 Å². The van der Waals surface area contributed by atoms with Crippen molar-refractivity contribution >= 4 is 32.4 Å². The Morgan fingerprint density at radius 1 is 0.938 bits per heavy atom. The van der Waals surface area contributed by atoms with Crippen molar-refractivity contribution in [3.8, 4) is 5.75 Å². The molecule has 0 aliphatic heterocycles. The smallest absolute Gasteiger partial charge is 0.261 e. The molecule has 1 saturated carbocycles. The molecular weight excluding hydrogens is 424 g/mol. The maximum Gasteiger partial charge on any atom is 0.261 e. The van der Waals surface area contributed by atoms with Crippen LogP contribution in [0, 0.1) is 0 Å². The minimum atomic E-state index is -3.77. The first kappa shape index (κ1) is 22.1. The zero-order valence-corrected chi connectivity index (χ0v) is 18.9. The number of ether oxygens (including phenoxy) is 1. The Kier molecular flexibility index (Phi) is 6.65. The van der Waals surface area contributed by atoms with Gasteiger partial charge in [-0.3, -0.25) is 9.52 Å². The van der Waals surface area contributed by atoms with Crippen molar-refractivity contribution in [1.29, 1.82) is 0 Å². The average molecular weight is 453 g/mol. The van der Waals surface area contributed by atoms with E-state index in [1.165, 1.54) is 18.6 Å². The number of benzene rings is 3. The molecule has 0 saturated heterocycles. The summed E-state index contributed by atoms with van der Waals surface area (Å²) >= 11 is 0. The van der Waals surface area contributed by atoms with Gasteiger partial charge >= 0.3 is 0 Å². The molecule has 0 spiro atoms. The van der Waals surface area contributed by atoms with E-state index < -0.39 is 16.1 Å². The summed E-state index contributed by atoms with van der Waals surface area (Å²) in [5, 5.41) is 4.83. The quantitative estimate of drug-likeness (QED) is 0.536. The van der Waals surface area contributed by atoms with E-state index in [0.29, 0.717) is 11.4 Å². The second-order valence-corrected chi connectivity index (χ2v) is 9.89. The fourth-order valence-corrected chi connectivity index (χ4v) is 5.12. The Labute approximate surface area is 189 Å².